The van der Waals surface area contributed by atoms with Gasteiger partial charge in [-0.2, -0.15) is 5.10 Å². The molecular formula is C27H33N5O5SSi. The Labute approximate surface area is 232 Å². The highest BCUT2D eigenvalue weighted by molar-refractivity contribution is 7.99. The number of nitrogen functional groups attached to an aromatic ring is 1. The van der Waals surface area contributed by atoms with Gasteiger partial charge in [-0.15, -0.1) is 0 Å². The van der Waals surface area contributed by atoms with Crippen LogP contribution in [0.4, 0.5) is 5.82 Å². The van der Waals surface area contributed by atoms with Crippen LogP contribution in [0.2, 0.25) is 11.1 Å². The summed E-state index contributed by atoms with van der Waals surface area (Å²) in [5, 5.41) is 20.0. The number of benzene rings is 2. The fourth-order valence-electron chi connectivity index (χ4n) is 5.57. The Balaban J connectivity index is 1.37. The first kappa shape index (κ1) is 26.6. The minimum Gasteiger partial charge on any atom is -0.386 e. The molecule has 2 aromatic carbocycles. The van der Waals surface area contributed by atoms with Gasteiger partial charge in [-0.1, -0.05) is 69.8 Å². The monoisotopic (exact) mass is 567 g/mol. The van der Waals surface area contributed by atoms with Gasteiger partial charge in [0.05, 0.1) is 12.0 Å². The number of aliphatic hydroxyl groups is 1. The van der Waals surface area contributed by atoms with E-state index in [-0.39, 0.29) is 24.5 Å². The average molecular weight is 568 g/mol. The van der Waals surface area contributed by atoms with Gasteiger partial charge in [0.1, 0.15) is 42.3 Å². The topological polar surface area (TPSA) is 127 Å². The van der Waals surface area contributed by atoms with E-state index in [1.54, 1.807) is 4.68 Å². The van der Waals surface area contributed by atoms with Gasteiger partial charge in [-0.3, -0.25) is 0 Å². The number of fused-ring (bicyclic) bond motifs is 3. The number of anilines is 1. The van der Waals surface area contributed by atoms with Gasteiger partial charge in [0.2, 0.25) is 0 Å². The van der Waals surface area contributed by atoms with Crippen LogP contribution in [0.15, 0.2) is 58.7 Å². The van der Waals surface area contributed by atoms with Gasteiger partial charge in [0.15, 0.2) is 11.9 Å². The second-order valence-electron chi connectivity index (χ2n) is 10.6. The third-order valence-corrected chi connectivity index (χ3v) is 12.9. The molecule has 2 aromatic heterocycles. The van der Waals surface area contributed by atoms with E-state index in [9.17, 15) is 5.11 Å². The van der Waals surface area contributed by atoms with Crippen molar-refractivity contribution in [3.05, 3.63) is 48.8 Å². The minimum atomic E-state index is -2.75. The van der Waals surface area contributed by atoms with Crippen molar-refractivity contribution in [3.63, 3.8) is 0 Å². The van der Waals surface area contributed by atoms with Crippen LogP contribution in [-0.2, 0) is 18.3 Å². The number of hydrogen-bond donors (Lipinski definition) is 2. The second kappa shape index (κ2) is 10.4. The van der Waals surface area contributed by atoms with Crippen molar-refractivity contribution in [2.45, 2.75) is 73.2 Å². The van der Waals surface area contributed by atoms with E-state index >= 15 is 0 Å². The molecule has 4 aromatic rings. The lowest BCUT2D eigenvalue weighted by Crippen LogP contribution is -2.56. The molecule has 10 nitrogen and oxygen atoms in total. The van der Waals surface area contributed by atoms with Crippen molar-refractivity contribution in [3.8, 4) is 0 Å². The molecule has 2 saturated heterocycles. The highest BCUT2D eigenvalue weighted by Gasteiger charge is 2.55. The van der Waals surface area contributed by atoms with Crippen molar-refractivity contribution in [2.24, 2.45) is 0 Å². The number of aromatic nitrogens is 4. The van der Waals surface area contributed by atoms with E-state index < -0.39 is 33.1 Å². The van der Waals surface area contributed by atoms with Crippen LogP contribution in [-0.4, -0.2) is 65.1 Å². The van der Waals surface area contributed by atoms with E-state index in [0.717, 1.165) is 15.7 Å². The zero-order valence-corrected chi connectivity index (χ0v) is 24.2. The zero-order chi connectivity index (χ0) is 27.3. The maximum absolute atomic E-state index is 11.6. The van der Waals surface area contributed by atoms with Crippen LogP contribution in [0.5, 0.6) is 0 Å². The molecule has 4 heterocycles. The first-order chi connectivity index (χ1) is 18.8. The third kappa shape index (κ3) is 4.63. The predicted octanol–water partition coefficient (Wildman–Crippen LogP) is 4.62. The van der Waals surface area contributed by atoms with Gasteiger partial charge in [0.25, 0.3) is 0 Å². The number of nitrogens with zero attached hydrogens (tertiary/aromatic N) is 4. The molecular weight excluding hydrogens is 534 g/mol. The van der Waals surface area contributed by atoms with Crippen LogP contribution in [0.25, 0.3) is 21.8 Å². The first-order valence-electron chi connectivity index (χ1n) is 13.2. The Morgan fingerprint density at radius 3 is 2.62 bits per heavy atom. The first-order valence-corrected chi connectivity index (χ1v) is 16.0. The second-order valence-corrected chi connectivity index (χ2v) is 16.0. The molecule has 2 aliphatic rings. The van der Waals surface area contributed by atoms with Crippen molar-refractivity contribution >= 4 is 47.9 Å². The standard InChI is InChI=1S/C27H33N5O5SSi/c1-15(2)39(16(3)4)35-14-34-12-20-23(37-39)22(33)27(36-20)32-25-21(24(28)29-13-30-25)26(31-32)38-19-10-9-17-7-5-6-8-18(17)11-19/h5-11,13,15-16,20,22-23,27,33H,12,14H2,1-4H3,(H2,28,29,30)/t20-,22+,23+,27+/m0/s1. The van der Waals surface area contributed by atoms with Crippen molar-refractivity contribution < 1.29 is 23.4 Å². The van der Waals surface area contributed by atoms with Crippen molar-refractivity contribution in [2.75, 3.05) is 19.1 Å². The number of ether oxygens (including phenoxy) is 2. The van der Waals surface area contributed by atoms with E-state index in [0.29, 0.717) is 21.9 Å². The molecule has 0 aliphatic carbocycles. The molecule has 0 radical (unpaired) electrons. The summed E-state index contributed by atoms with van der Waals surface area (Å²) in [6, 6.07) is 14.4. The maximum atomic E-state index is 11.6. The van der Waals surface area contributed by atoms with Gasteiger partial charge in [0, 0.05) is 4.90 Å². The molecule has 206 valence electrons. The average Bonchev–Trinajstić information content (AvgIpc) is 3.40. The lowest BCUT2D eigenvalue weighted by molar-refractivity contribution is -0.116. The summed E-state index contributed by atoms with van der Waals surface area (Å²) in [6.07, 6.45) is -1.61. The number of rotatable bonds is 5. The SMILES string of the molecule is CC(C)[Si]1(C(C)C)OCOC[C@@H]2O[C@@H](n3nc(Sc4ccc5ccccc5c4)c4c(N)ncnc43)[C@H](O)[C@@H]2O1. The molecule has 2 fully saturated rings. The largest absolute Gasteiger partial charge is 0.386 e. The molecule has 4 atom stereocenters. The maximum Gasteiger partial charge on any atom is 0.345 e. The van der Waals surface area contributed by atoms with Crippen LogP contribution in [0, 0.1) is 0 Å². The molecule has 0 amide bonds. The quantitative estimate of drug-likeness (QED) is 0.330. The Hall–Kier alpha value is -2.58. The molecule has 0 spiro atoms. The van der Waals surface area contributed by atoms with Crippen molar-refractivity contribution in [1.29, 1.82) is 0 Å². The fourth-order valence-corrected chi connectivity index (χ4v) is 10.1. The van der Waals surface area contributed by atoms with Crippen LogP contribution < -0.4 is 5.73 Å². The fraction of sp³-hybridized carbons (Fsp3) is 0.444. The normalized spacial score (nSPS) is 25.3. The molecule has 0 bridgehead atoms. The highest BCUT2D eigenvalue weighted by atomic mass is 32.2. The van der Waals surface area contributed by atoms with Crippen LogP contribution in [0.3, 0.4) is 0 Å². The summed E-state index contributed by atoms with van der Waals surface area (Å²) in [4.78, 5) is 9.70. The summed E-state index contributed by atoms with van der Waals surface area (Å²) in [5.74, 6) is 0.312. The lowest BCUT2D eigenvalue weighted by Gasteiger charge is -2.42. The zero-order valence-electron chi connectivity index (χ0n) is 22.4. The molecule has 2 aliphatic heterocycles. The predicted molar refractivity (Wildman–Crippen MR) is 150 cm³/mol. The van der Waals surface area contributed by atoms with E-state index in [2.05, 4.69) is 61.9 Å². The smallest absolute Gasteiger partial charge is 0.345 e. The Morgan fingerprint density at radius 2 is 1.85 bits per heavy atom. The van der Waals surface area contributed by atoms with Crippen LogP contribution >= 0.6 is 11.8 Å². The minimum absolute atomic E-state index is 0.136. The lowest BCUT2D eigenvalue weighted by atomic mass is 10.1. The highest BCUT2D eigenvalue weighted by Crippen LogP contribution is 2.43. The third-order valence-electron chi connectivity index (χ3n) is 7.55. The Bertz CT molecular complexity index is 1490. The van der Waals surface area contributed by atoms with E-state index in [1.165, 1.54) is 18.1 Å². The molecule has 3 N–H and O–H groups in total. The van der Waals surface area contributed by atoms with Gasteiger partial charge in [-0.05, 0) is 34.0 Å². The Kier molecular flexibility index (Phi) is 7.12. The van der Waals surface area contributed by atoms with Gasteiger partial charge >= 0.3 is 8.56 Å². The van der Waals surface area contributed by atoms with Gasteiger partial charge in [-0.25, -0.2) is 14.6 Å². The van der Waals surface area contributed by atoms with Crippen LogP contribution in [0.1, 0.15) is 33.9 Å². The van der Waals surface area contributed by atoms with E-state index in [4.69, 9.17) is 29.2 Å². The molecule has 12 heteroatoms. The van der Waals surface area contributed by atoms with E-state index in [1.807, 2.05) is 18.2 Å². The molecule has 0 unspecified atom stereocenters. The molecule has 6 rings (SSSR count). The molecule has 39 heavy (non-hydrogen) atoms. The number of hydrogen-bond acceptors (Lipinski definition) is 10. The summed E-state index contributed by atoms with van der Waals surface area (Å²) in [6.45, 7) is 8.75. The summed E-state index contributed by atoms with van der Waals surface area (Å²) in [7, 11) is -2.75. The summed E-state index contributed by atoms with van der Waals surface area (Å²) in [5.41, 5.74) is 7.11. The number of aliphatic hydroxyl groups excluding tert-OH is 1. The number of nitrogens with two attached hydrogens (primary N) is 1. The summed E-state index contributed by atoms with van der Waals surface area (Å²) >= 11 is 1.47. The Morgan fingerprint density at radius 1 is 1.08 bits per heavy atom. The summed E-state index contributed by atoms with van der Waals surface area (Å²) < 4.78 is 26.8. The molecule has 0 saturated carbocycles. The van der Waals surface area contributed by atoms with Gasteiger partial charge < -0.3 is 29.2 Å². The van der Waals surface area contributed by atoms with Crippen molar-refractivity contribution in [1.82, 2.24) is 19.7 Å².